The first-order valence-corrected chi connectivity index (χ1v) is 8.48. The van der Waals surface area contributed by atoms with Gasteiger partial charge in [-0.3, -0.25) is 0 Å². The molecule has 0 spiro atoms. The summed E-state index contributed by atoms with van der Waals surface area (Å²) in [7, 11) is -3.54. The van der Waals surface area contributed by atoms with Gasteiger partial charge in [-0.25, -0.2) is 4.57 Å². The third-order valence-electron chi connectivity index (χ3n) is 3.01. The van der Waals surface area contributed by atoms with Gasteiger partial charge in [-0.2, -0.15) is 0 Å². The molecule has 1 heterocycles. The summed E-state index contributed by atoms with van der Waals surface area (Å²) in [6.07, 6.45) is 3.96. The Balaban J connectivity index is 2.40. The van der Waals surface area contributed by atoms with Crippen molar-refractivity contribution in [3.8, 4) is 5.75 Å². The van der Waals surface area contributed by atoms with E-state index in [1.54, 1.807) is 6.07 Å². The lowest BCUT2D eigenvalue weighted by Crippen LogP contribution is -1.94. The van der Waals surface area contributed by atoms with Crippen LogP contribution in [0.15, 0.2) is 24.4 Å². The highest BCUT2D eigenvalue weighted by Gasteiger charge is 2.16. The van der Waals surface area contributed by atoms with Crippen molar-refractivity contribution in [2.75, 3.05) is 6.66 Å². The molecule has 0 amide bonds. The first-order chi connectivity index (χ1) is 8.87. The Morgan fingerprint density at radius 1 is 1.42 bits per heavy atom. The predicted molar refractivity (Wildman–Crippen MR) is 77.8 cm³/mol. The molecule has 1 unspecified atom stereocenters. The van der Waals surface area contributed by atoms with Gasteiger partial charge >= 0.3 is 7.60 Å². The number of aryl methyl sites for hydroxylation is 1. The molecule has 104 valence electrons. The maximum atomic E-state index is 11.5. The summed E-state index contributed by atoms with van der Waals surface area (Å²) in [6.45, 7) is 5.56. The highest BCUT2D eigenvalue weighted by molar-refractivity contribution is 7.52. The quantitative estimate of drug-likeness (QED) is 0.816. The average molecular weight is 281 g/mol. The van der Waals surface area contributed by atoms with Crippen LogP contribution in [0, 0.1) is 5.92 Å². The third kappa shape index (κ3) is 3.62. The molecule has 0 saturated heterocycles. The lowest BCUT2D eigenvalue weighted by molar-refractivity contribution is 0.389. The standard InChI is InChI=1S/C14H20NO3P/c1-10(2)7-8-11-9-15-12-5-4-6-13(14(11)12)18-19(3,16)17/h4-6,9-10,15H,7-8H2,1-3H3,(H,16,17). The van der Waals surface area contributed by atoms with E-state index in [2.05, 4.69) is 18.8 Å². The largest absolute Gasteiger partial charge is 0.424 e. The van der Waals surface area contributed by atoms with Crippen molar-refractivity contribution in [2.45, 2.75) is 26.7 Å². The van der Waals surface area contributed by atoms with Gasteiger partial charge < -0.3 is 14.4 Å². The van der Waals surface area contributed by atoms with Crippen molar-refractivity contribution in [3.63, 3.8) is 0 Å². The molecular formula is C14H20NO3P. The van der Waals surface area contributed by atoms with E-state index < -0.39 is 7.60 Å². The molecule has 2 rings (SSSR count). The van der Waals surface area contributed by atoms with E-state index in [4.69, 9.17) is 4.52 Å². The van der Waals surface area contributed by atoms with Gasteiger partial charge in [-0.05, 0) is 36.5 Å². The number of hydrogen-bond donors (Lipinski definition) is 2. The fourth-order valence-electron chi connectivity index (χ4n) is 2.12. The average Bonchev–Trinajstić information content (AvgIpc) is 2.68. The second kappa shape index (κ2) is 5.40. The molecule has 1 aromatic carbocycles. The van der Waals surface area contributed by atoms with Crippen molar-refractivity contribution in [1.82, 2.24) is 4.98 Å². The highest BCUT2D eigenvalue weighted by Crippen LogP contribution is 2.42. The second-order valence-electron chi connectivity index (χ2n) is 5.32. The summed E-state index contributed by atoms with van der Waals surface area (Å²) in [5.74, 6) is 1.10. The van der Waals surface area contributed by atoms with Crippen LogP contribution in [0.1, 0.15) is 25.8 Å². The summed E-state index contributed by atoms with van der Waals surface area (Å²) in [5.41, 5.74) is 2.07. The minimum atomic E-state index is -3.54. The van der Waals surface area contributed by atoms with Crippen LogP contribution in [0.25, 0.3) is 10.9 Å². The molecule has 0 radical (unpaired) electrons. The smallest absolute Gasteiger partial charge is 0.373 e. The van der Waals surface area contributed by atoms with E-state index >= 15 is 0 Å². The van der Waals surface area contributed by atoms with E-state index in [0.29, 0.717) is 11.7 Å². The molecule has 19 heavy (non-hydrogen) atoms. The third-order valence-corrected chi connectivity index (χ3v) is 3.54. The van der Waals surface area contributed by atoms with Crippen LogP contribution in [0.5, 0.6) is 5.75 Å². The van der Waals surface area contributed by atoms with Crippen LogP contribution < -0.4 is 4.52 Å². The van der Waals surface area contributed by atoms with Crippen molar-refractivity contribution in [3.05, 3.63) is 30.0 Å². The molecule has 1 atom stereocenters. The molecule has 1 aromatic heterocycles. The monoisotopic (exact) mass is 281 g/mol. The molecule has 0 aliphatic carbocycles. The number of fused-ring (bicyclic) bond motifs is 1. The minimum absolute atomic E-state index is 0.478. The molecule has 0 bridgehead atoms. The topological polar surface area (TPSA) is 62.3 Å². The Kier molecular flexibility index (Phi) is 4.02. The molecule has 0 saturated carbocycles. The Bertz CT molecular complexity index is 612. The van der Waals surface area contributed by atoms with E-state index in [1.165, 1.54) is 6.66 Å². The van der Waals surface area contributed by atoms with E-state index in [1.807, 2.05) is 18.3 Å². The summed E-state index contributed by atoms with van der Waals surface area (Å²) < 4.78 is 16.7. The van der Waals surface area contributed by atoms with Crippen LogP contribution in [-0.4, -0.2) is 16.5 Å². The van der Waals surface area contributed by atoms with Crippen molar-refractivity contribution in [2.24, 2.45) is 5.92 Å². The Morgan fingerprint density at radius 2 is 2.16 bits per heavy atom. The summed E-state index contributed by atoms with van der Waals surface area (Å²) >= 11 is 0. The highest BCUT2D eigenvalue weighted by atomic mass is 31.2. The van der Waals surface area contributed by atoms with Crippen LogP contribution in [0.3, 0.4) is 0 Å². The lowest BCUT2D eigenvalue weighted by atomic mass is 10.0. The van der Waals surface area contributed by atoms with Crippen LogP contribution in [0.4, 0.5) is 0 Å². The second-order valence-corrected chi connectivity index (χ2v) is 7.11. The van der Waals surface area contributed by atoms with E-state index in [-0.39, 0.29) is 0 Å². The van der Waals surface area contributed by atoms with Gasteiger partial charge in [0.1, 0.15) is 5.75 Å². The fourth-order valence-corrected chi connectivity index (χ4v) is 2.64. The Morgan fingerprint density at radius 3 is 2.79 bits per heavy atom. The van der Waals surface area contributed by atoms with Gasteiger partial charge in [-0.1, -0.05) is 19.9 Å². The number of rotatable bonds is 5. The number of benzene rings is 1. The molecule has 4 nitrogen and oxygen atoms in total. The minimum Gasteiger partial charge on any atom is -0.424 e. The van der Waals surface area contributed by atoms with Gasteiger partial charge in [0.2, 0.25) is 0 Å². The number of aromatic amines is 1. The zero-order valence-electron chi connectivity index (χ0n) is 11.5. The predicted octanol–water partition coefficient (Wildman–Crippen LogP) is 3.95. The SMILES string of the molecule is CC(C)CCc1c[nH]c2cccc(OP(C)(=O)O)c12. The van der Waals surface area contributed by atoms with Crippen molar-refractivity contribution >= 4 is 18.5 Å². The van der Waals surface area contributed by atoms with Crippen LogP contribution in [-0.2, 0) is 11.0 Å². The number of aromatic nitrogens is 1. The maximum Gasteiger partial charge on any atom is 0.373 e. The molecule has 0 fully saturated rings. The first kappa shape index (κ1) is 14.2. The Labute approximate surface area is 113 Å². The first-order valence-electron chi connectivity index (χ1n) is 6.45. The van der Waals surface area contributed by atoms with Gasteiger partial charge in [0.15, 0.2) is 0 Å². The zero-order chi connectivity index (χ0) is 14.0. The van der Waals surface area contributed by atoms with Gasteiger partial charge in [0, 0.05) is 23.8 Å². The molecular weight excluding hydrogens is 261 g/mol. The molecule has 2 aromatic rings. The van der Waals surface area contributed by atoms with Gasteiger partial charge in [-0.15, -0.1) is 0 Å². The maximum absolute atomic E-state index is 11.5. The van der Waals surface area contributed by atoms with Gasteiger partial charge in [0.25, 0.3) is 0 Å². The summed E-state index contributed by atoms with van der Waals surface area (Å²) in [4.78, 5) is 12.6. The van der Waals surface area contributed by atoms with Gasteiger partial charge in [0.05, 0.1) is 0 Å². The lowest BCUT2D eigenvalue weighted by Gasteiger charge is -2.11. The van der Waals surface area contributed by atoms with E-state index in [9.17, 15) is 9.46 Å². The summed E-state index contributed by atoms with van der Waals surface area (Å²) in [5, 5.41) is 0.916. The molecule has 0 aliphatic rings. The number of hydrogen-bond acceptors (Lipinski definition) is 2. The number of H-pyrrole nitrogens is 1. The van der Waals surface area contributed by atoms with Crippen LogP contribution in [0.2, 0.25) is 0 Å². The fraction of sp³-hybridized carbons (Fsp3) is 0.429. The summed E-state index contributed by atoms with van der Waals surface area (Å²) in [6, 6.07) is 5.50. The normalized spacial score (nSPS) is 14.8. The molecule has 0 aliphatic heterocycles. The van der Waals surface area contributed by atoms with Crippen LogP contribution >= 0.6 is 7.60 Å². The molecule has 5 heteroatoms. The Hall–Kier alpha value is -1.25. The van der Waals surface area contributed by atoms with Crippen molar-refractivity contribution in [1.29, 1.82) is 0 Å². The van der Waals surface area contributed by atoms with Crippen molar-refractivity contribution < 1.29 is 14.0 Å². The zero-order valence-corrected chi connectivity index (χ0v) is 12.4. The molecule has 2 N–H and O–H groups in total. The number of nitrogens with one attached hydrogen (secondary N) is 1. The van der Waals surface area contributed by atoms with E-state index in [0.717, 1.165) is 29.3 Å².